The molecule has 1 saturated heterocycles. The zero-order valence-corrected chi connectivity index (χ0v) is 12.8. The molecule has 1 aromatic carbocycles. The lowest BCUT2D eigenvalue weighted by atomic mass is 10.00. The zero-order valence-electron chi connectivity index (χ0n) is 12.0. The summed E-state index contributed by atoms with van der Waals surface area (Å²) in [4.78, 5) is 14.1. The van der Waals surface area contributed by atoms with E-state index in [4.69, 9.17) is 16.9 Å². The van der Waals surface area contributed by atoms with E-state index >= 15 is 0 Å². The molecule has 1 aromatic rings. The minimum Gasteiger partial charge on any atom is -0.352 e. The number of nitrogens with one attached hydrogen (secondary N) is 1. The summed E-state index contributed by atoms with van der Waals surface area (Å²) in [6.45, 7) is 3.00. The predicted octanol–water partition coefficient (Wildman–Crippen LogP) is 2.58. The highest BCUT2D eigenvalue weighted by molar-refractivity contribution is 6.30. The first-order valence-electron chi connectivity index (χ1n) is 7.30. The monoisotopic (exact) mass is 305 g/mol. The standard InChI is InChI=1S/C16H20ClN3O/c17-15-5-1-3-13(9-15)11-19-16(21)6-8-20-7-2-4-14(10-18)12-20/h1,3,5,9,14H,2,4,6-8,11-12H2,(H,19,21)/t14-/m0/s1. The van der Waals surface area contributed by atoms with Crippen molar-refractivity contribution in [1.82, 2.24) is 10.2 Å². The van der Waals surface area contributed by atoms with Crippen molar-refractivity contribution in [2.24, 2.45) is 5.92 Å². The van der Waals surface area contributed by atoms with Gasteiger partial charge in [-0.05, 0) is 37.1 Å². The fourth-order valence-electron chi connectivity index (χ4n) is 2.56. The lowest BCUT2D eigenvalue weighted by Gasteiger charge is -2.29. The van der Waals surface area contributed by atoms with Crippen LogP contribution < -0.4 is 5.32 Å². The summed E-state index contributed by atoms with van der Waals surface area (Å²) in [7, 11) is 0. The number of hydrogen-bond donors (Lipinski definition) is 1. The fraction of sp³-hybridized carbons (Fsp3) is 0.500. The van der Waals surface area contributed by atoms with Gasteiger partial charge in [0.2, 0.25) is 5.91 Å². The van der Waals surface area contributed by atoms with E-state index in [0.717, 1.165) is 38.0 Å². The van der Waals surface area contributed by atoms with Gasteiger partial charge in [-0.3, -0.25) is 4.79 Å². The van der Waals surface area contributed by atoms with Crippen LogP contribution in [0.3, 0.4) is 0 Å². The minimum absolute atomic E-state index is 0.0362. The molecular formula is C16H20ClN3O. The van der Waals surface area contributed by atoms with Crippen LogP contribution in [0.25, 0.3) is 0 Å². The Morgan fingerprint density at radius 1 is 1.52 bits per heavy atom. The van der Waals surface area contributed by atoms with Crippen molar-refractivity contribution in [3.05, 3.63) is 34.9 Å². The Labute approximate surface area is 130 Å². The van der Waals surface area contributed by atoms with Gasteiger partial charge in [0.25, 0.3) is 0 Å². The molecule has 0 radical (unpaired) electrons. The SMILES string of the molecule is N#C[C@@H]1CCCN(CCC(=O)NCc2cccc(Cl)c2)C1. The van der Waals surface area contributed by atoms with Gasteiger partial charge in [-0.15, -0.1) is 0 Å². The van der Waals surface area contributed by atoms with Crippen LogP contribution >= 0.6 is 11.6 Å². The molecule has 1 atom stereocenters. The molecule has 0 spiro atoms. The molecule has 0 bridgehead atoms. The largest absolute Gasteiger partial charge is 0.352 e. The molecule has 21 heavy (non-hydrogen) atoms. The second-order valence-electron chi connectivity index (χ2n) is 5.43. The zero-order chi connectivity index (χ0) is 15.1. The summed E-state index contributed by atoms with van der Waals surface area (Å²) >= 11 is 5.90. The van der Waals surface area contributed by atoms with Gasteiger partial charge in [-0.25, -0.2) is 0 Å². The van der Waals surface area contributed by atoms with Crippen LogP contribution in [0.5, 0.6) is 0 Å². The molecule has 1 fully saturated rings. The lowest BCUT2D eigenvalue weighted by molar-refractivity contribution is -0.121. The highest BCUT2D eigenvalue weighted by Crippen LogP contribution is 2.15. The Kier molecular flexibility index (Phi) is 6.04. The van der Waals surface area contributed by atoms with Crippen LogP contribution in [0.2, 0.25) is 5.02 Å². The van der Waals surface area contributed by atoms with Crippen molar-refractivity contribution < 1.29 is 4.79 Å². The van der Waals surface area contributed by atoms with Crippen LogP contribution in [0.1, 0.15) is 24.8 Å². The number of nitrogens with zero attached hydrogens (tertiary/aromatic N) is 2. The normalized spacial score (nSPS) is 19.0. The molecule has 1 N–H and O–H groups in total. The van der Waals surface area contributed by atoms with E-state index in [9.17, 15) is 4.79 Å². The van der Waals surface area contributed by atoms with Gasteiger partial charge in [0.05, 0.1) is 12.0 Å². The van der Waals surface area contributed by atoms with Crippen molar-refractivity contribution in [2.45, 2.75) is 25.8 Å². The third-order valence-electron chi connectivity index (χ3n) is 3.72. The summed E-state index contributed by atoms with van der Waals surface area (Å²) in [5, 5.41) is 12.5. The number of amides is 1. The molecule has 4 nitrogen and oxygen atoms in total. The highest BCUT2D eigenvalue weighted by Gasteiger charge is 2.19. The molecule has 0 aromatic heterocycles. The minimum atomic E-state index is 0.0362. The Hall–Kier alpha value is -1.57. The van der Waals surface area contributed by atoms with Crippen molar-refractivity contribution in [3.8, 4) is 6.07 Å². The molecule has 2 rings (SSSR count). The van der Waals surface area contributed by atoms with Crippen LogP contribution in [0.15, 0.2) is 24.3 Å². The fourth-order valence-corrected chi connectivity index (χ4v) is 2.77. The van der Waals surface area contributed by atoms with Gasteiger partial charge < -0.3 is 10.2 Å². The van der Waals surface area contributed by atoms with Crippen LogP contribution in [-0.4, -0.2) is 30.4 Å². The Bertz CT molecular complexity index is 526. The van der Waals surface area contributed by atoms with Crippen molar-refractivity contribution in [1.29, 1.82) is 5.26 Å². The summed E-state index contributed by atoms with van der Waals surface area (Å²) in [6, 6.07) is 9.80. The average molecular weight is 306 g/mol. The number of piperidine rings is 1. The number of carbonyl (C=O) groups is 1. The van der Waals surface area contributed by atoms with Crippen LogP contribution in [0.4, 0.5) is 0 Å². The van der Waals surface area contributed by atoms with E-state index in [-0.39, 0.29) is 11.8 Å². The van der Waals surface area contributed by atoms with Crippen LogP contribution in [-0.2, 0) is 11.3 Å². The van der Waals surface area contributed by atoms with Crippen LogP contribution in [0, 0.1) is 17.2 Å². The first kappa shape index (κ1) is 15.8. The molecule has 1 aliphatic heterocycles. The summed E-state index contributed by atoms with van der Waals surface area (Å²) in [6.07, 6.45) is 2.50. The number of likely N-dealkylation sites (tertiary alicyclic amines) is 1. The summed E-state index contributed by atoms with van der Waals surface area (Å²) in [5.74, 6) is 0.155. The van der Waals surface area contributed by atoms with Gasteiger partial charge in [0.15, 0.2) is 0 Å². The van der Waals surface area contributed by atoms with Gasteiger partial charge in [0, 0.05) is 31.1 Å². The maximum absolute atomic E-state index is 11.9. The third kappa shape index (κ3) is 5.37. The third-order valence-corrected chi connectivity index (χ3v) is 3.96. The predicted molar refractivity (Wildman–Crippen MR) is 82.7 cm³/mol. The van der Waals surface area contributed by atoms with E-state index in [2.05, 4.69) is 16.3 Å². The Morgan fingerprint density at radius 2 is 2.38 bits per heavy atom. The number of carbonyl (C=O) groups excluding carboxylic acids is 1. The molecule has 0 aliphatic carbocycles. The van der Waals surface area contributed by atoms with E-state index in [1.54, 1.807) is 0 Å². The molecule has 1 aliphatic rings. The van der Waals surface area contributed by atoms with Gasteiger partial charge in [-0.1, -0.05) is 23.7 Å². The molecule has 0 saturated carbocycles. The van der Waals surface area contributed by atoms with Gasteiger partial charge in [-0.2, -0.15) is 5.26 Å². The van der Waals surface area contributed by atoms with E-state index in [1.165, 1.54) is 0 Å². The number of halogens is 1. The molecule has 0 unspecified atom stereocenters. The molecule has 1 amide bonds. The second-order valence-corrected chi connectivity index (χ2v) is 5.86. The maximum atomic E-state index is 11.9. The topological polar surface area (TPSA) is 56.1 Å². The van der Waals surface area contributed by atoms with E-state index < -0.39 is 0 Å². The number of nitriles is 1. The molecule has 5 heteroatoms. The number of hydrogen-bond acceptors (Lipinski definition) is 3. The summed E-state index contributed by atoms with van der Waals surface area (Å²) in [5.41, 5.74) is 0.998. The Balaban J connectivity index is 1.69. The Morgan fingerprint density at radius 3 is 3.14 bits per heavy atom. The first-order valence-corrected chi connectivity index (χ1v) is 7.68. The summed E-state index contributed by atoms with van der Waals surface area (Å²) < 4.78 is 0. The number of rotatable bonds is 5. The molecule has 112 valence electrons. The lowest BCUT2D eigenvalue weighted by Crippen LogP contribution is -2.37. The van der Waals surface area contributed by atoms with E-state index in [0.29, 0.717) is 18.0 Å². The van der Waals surface area contributed by atoms with Gasteiger partial charge in [0.1, 0.15) is 0 Å². The quantitative estimate of drug-likeness (QED) is 0.909. The molecular weight excluding hydrogens is 286 g/mol. The maximum Gasteiger partial charge on any atom is 0.221 e. The highest BCUT2D eigenvalue weighted by atomic mass is 35.5. The first-order chi connectivity index (χ1) is 10.2. The average Bonchev–Trinajstić information content (AvgIpc) is 2.51. The number of benzene rings is 1. The van der Waals surface area contributed by atoms with Gasteiger partial charge >= 0.3 is 0 Å². The molecule has 1 heterocycles. The second kappa shape index (κ2) is 8.02. The van der Waals surface area contributed by atoms with Crippen molar-refractivity contribution in [2.75, 3.05) is 19.6 Å². The van der Waals surface area contributed by atoms with Crippen molar-refractivity contribution in [3.63, 3.8) is 0 Å². The van der Waals surface area contributed by atoms with E-state index in [1.807, 2.05) is 24.3 Å². The van der Waals surface area contributed by atoms with Crippen molar-refractivity contribution >= 4 is 17.5 Å². The smallest absolute Gasteiger partial charge is 0.221 e.